The average Bonchev–Trinajstić information content (AvgIpc) is 3.06. The van der Waals surface area contributed by atoms with Gasteiger partial charge in [0.25, 0.3) is 5.92 Å². The predicted octanol–water partition coefficient (Wildman–Crippen LogP) is 4.31. The standard InChI is InChI=1S/C22H21F2N3O2/c1-15(16-6-4-3-5-7-16)18-13-26-11-10-17(18)19(28)8-9-21(29)27-14-22(23,24)12-20(27)25-2/h3-7,10-11,13,15,20H,8-9,12,14H2,1H3/t15-,20+/m1/s1. The Kier molecular flexibility index (Phi) is 6.02. The van der Waals surface area contributed by atoms with Gasteiger partial charge in [-0.25, -0.2) is 15.4 Å². The lowest BCUT2D eigenvalue weighted by Crippen LogP contribution is -2.35. The van der Waals surface area contributed by atoms with Gasteiger partial charge in [-0.15, -0.1) is 0 Å². The Morgan fingerprint density at radius 2 is 2.00 bits per heavy atom. The number of hydrogen-bond acceptors (Lipinski definition) is 3. The minimum absolute atomic E-state index is 0.0664. The second-order valence-corrected chi connectivity index (χ2v) is 7.21. The first kappa shape index (κ1) is 20.6. The molecule has 0 unspecified atom stereocenters. The molecule has 29 heavy (non-hydrogen) atoms. The molecular formula is C22H21F2N3O2. The molecule has 1 amide bonds. The van der Waals surface area contributed by atoms with Crippen molar-refractivity contribution < 1.29 is 18.4 Å². The third-order valence-electron chi connectivity index (χ3n) is 5.20. The van der Waals surface area contributed by atoms with Gasteiger partial charge in [0.15, 0.2) is 5.78 Å². The van der Waals surface area contributed by atoms with Gasteiger partial charge in [0.1, 0.15) is 6.42 Å². The molecule has 150 valence electrons. The van der Waals surface area contributed by atoms with Crippen molar-refractivity contribution in [3.63, 3.8) is 0 Å². The fourth-order valence-corrected chi connectivity index (χ4v) is 3.59. The molecule has 3 rings (SSSR count). The van der Waals surface area contributed by atoms with E-state index in [1.165, 1.54) is 6.20 Å². The van der Waals surface area contributed by atoms with Gasteiger partial charge in [-0.1, -0.05) is 37.3 Å². The van der Waals surface area contributed by atoms with Crippen LogP contribution in [0.3, 0.4) is 0 Å². The molecule has 0 N–H and O–H groups in total. The highest BCUT2D eigenvalue weighted by Crippen LogP contribution is 2.33. The Hall–Kier alpha value is -3.14. The van der Waals surface area contributed by atoms with E-state index in [4.69, 9.17) is 6.57 Å². The lowest BCUT2D eigenvalue weighted by atomic mass is 9.89. The summed E-state index contributed by atoms with van der Waals surface area (Å²) in [5, 5.41) is 0. The van der Waals surface area contributed by atoms with Crippen LogP contribution in [0.5, 0.6) is 0 Å². The van der Waals surface area contributed by atoms with Crippen LogP contribution >= 0.6 is 0 Å². The normalized spacial score (nSPS) is 18.8. The zero-order valence-electron chi connectivity index (χ0n) is 16.0. The Morgan fingerprint density at radius 3 is 2.69 bits per heavy atom. The number of carbonyl (C=O) groups is 2. The number of nitrogens with zero attached hydrogens (tertiary/aromatic N) is 3. The van der Waals surface area contributed by atoms with Crippen molar-refractivity contribution in [1.29, 1.82) is 0 Å². The summed E-state index contributed by atoms with van der Waals surface area (Å²) in [6.07, 6.45) is 1.03. The van der Waals surface area contributed by atoms with Gasteiger partial charge in [-0.3, -0.25) is 24.3 Å². The number of carbonyl (C=O) groups excluding carboxylic acids is 2. The van der Waals surface area contributed by atoms with E-state index in [2.05, 4.69) is 9.83 Å². The van der Waals surface area contributed by atoms with E-state index in [-0.39, 0.29) is 24.5 Å². The van der Waals surface area contributed by atoms with Crippen LogP contribution in [0.4, 0.5) is 8.78 Å². The molecule has 0 saturated carbocycles. The summed E-state index contributed by atoms with van der Waals surface area (Å²) in [7, 11) is 0. The van der Waals surface area contributed by atoms with Gasteiger partial charge in [0.05, 0.1) is 6.54 Å². The van der Waals surface area contributed by atoms with Crippen LogP contribution < -0.4 is 0 Å². The highest BCUT2D eigenvalue weighted by atomic mass is 19.3. The molecule has 1 aliphatic rings. The summed E-state index contributed by atoms with van der Waals surface area (Å²) in [6, 6.07) is 11.3. The third-order valence-corrected chi connectivity index (χ3v) is 5.20. The van der Waals surface area contributed by atoms with Crippen LogP contribution in [0, 0.1) is 6.57 Å². The van der Waals surface area contributed by atoms with Crippen LogP contribution in [0.2, 0.25) is 0 Å². The number of pyridine rings is 1. The number of aromatic nitrogens is 1. The van der Waals surface area contributed by atoms with Gasteiger partial charge in [0, 0.05) is 36.7 Å². The van der Waals surface area contributed by atoms with E-state index in [9.17, 15) is 18.4 Å². The van der Waals surface area contributed by atoms with E-state index in [1.54, 1.807) is 12.3 Å². The second kappa shape index (κ2) is 8.48. The van der Waals surface area contributed by atoms with Gasteiger partial charge < -0.3 is 0 Å². The minimum Gasteiger partial charge on any atom is -0.294 e. The van der Waals surface area contributed by atoms with Crippen molar-refractivity contribution in [2.75, 3.05) is 6.54 Å². The molecule has 2 heterocycles. The summed E-state index contributed by atoms with van der Waals surface area (Å²) >= 11 is 0. The first-order valence-corrected chi connectivity index (χ1v) is 9.38. The van der Waals surface area contributed by atoms with Gasteiger partial charge in [0.2, 0.25) is 5.91 Å². The highest BCUT2D eigenvalue weighted by molar-refractivity contribution is 5.99. The van der Waals surface area contributed by atoms with Crippen molar-refractivity contribution in [1.82, 2.24) is 9.88 Å². The fraction of sp³-hybridized carbons (Fsp3) is 0.364. The molecular weight excluding hydrogens is 376 g/mol. The third kappa shape index (κ3) is 4.65. The molecule has 2 atom stereocenters. The summed E-state index contributed by atoms with van der Waals surface area (Å²) in [5.74, 6) is -3.96. The second-order valence-electron chi connectivity index (χ2n) is 7.21. The van der Waals surface area contributed by atoms with E-state index in [0.717, 1.165) is 16.0 Å². The average molecular weight is 397 g/mol. The van der Waals surface area contributed by atoms with Gasteiger partial charge in [-0.05, 0) is 17.2 Å². The lowest BCUT2D eigenvalue weighted by molar-refractivity contribution is -0.132. The van der Waals surface area contributed by atoms with Crippen molar-refractivity contribution in [2.24, 2.45) is 0 Å². The number of ketones is 1. The number of amides is 1. The van der Waals surface area contributed by atoms with Crippen LogP contribution in [0.1, 0.15) is 53.6 Å². The first-order valence-electron chi connectivity index (χ1n) is 9.38. The number of benzene rings is 1. The SMILES string of the molecule is [C-]#[N+][C@@H]1CC(F)(F)CN1C(=O)CCC(=O)c1ccncc1[C@H](C)c1ccccc1. The van der Waals surface area contributed by atoms with Crippen LogP contribution in [-0.4, -0.2) is 40.2 Å². The largest absolute Gasteiger partial charge is 0.306 e. The Morgan fingerprint density at radius 1 is 1.28 bits per heavy atom. The highest BCUT2D eigenvalue weighted by Gasteiger charge is 2.50. The van der Waals surface area contributed by atoms with Crippen molar-refractivity contribution in [3.8, 4) is 0 Å². The van der Waals surface area contributed by atoms with Gasteiger partial charge in [-0.2, -0.15) is 0 Å². The Bertz CT molecular complexity index is 941. The van der Waals surface area contributed by atoms with Crippen molar-refractivity contribution in [2.45, 2.75) is 44.2 Å². The number of rotatable bonds is 6. The number of hydrogen-bond donors (Lipinski definition) is 0. The monoisotopic (exact) mass is 397 g/mol. The Labute approximate surface area is 168 Å². The summed E-state index contributed by atoms with van der Waals surface area (Å²) in [6.45, 7) is 8.24. The molecule has 1 saturated heterocycles. The van der Waals surface area contributed by atoms with E-state index in [1.807, 2.05) is 37.3 Å². The molecule has 1 aliphatic heterocycles. The maximum atomic E-state index is 13.5. The molecule has 1 aromatic carbocycles. The zero-order chi connectivity index (χ0) is 21.0. The maximum Gasteiger partial charge on any atom is 0.306 e. The van der Waals surface area contributed by atoms with Crippen LogP contribution in [-0.2, 0) is 4.79 Å². The van der Waals surface area contributed by atoms with Crippen molar-refractivity contribution in [3.05, 3.63) is 76.9 Å². The number of Topliss-reactive ketones (excluding diaryl/α,β-unsaturated/α-hetero) is 1. The quantitative estimate of drug-likeness (QED) is 0.539. The molecule has 0 bridgehead atoms. The number of alkyl halides is 2. The zero-order valence-corrected chi connectivity index (χ0v) is 16.0. The van der Waals surface area contributed by atoms with E-state index in [0.29, 0.717) is 5.56 Å². The number of halogens is 2. The molecule has 0 aliphatic carbocycles. The summed E-state index contributed by atoms with van der Waals surface area (Å²) in [4.78, 5) is 33.3. The van der Waals surface area contributed by atoms with Crippen LogP contribution in [0.25, 0.3) is 4.85 Å². The smallest absolute Gasteiger partial charge is 0.294 e. The van der Waals surface area contributed by atoms with Crippen molar-refractivity contribution >= 4 is 11.7 Å². The summed E-state index contributed by atoms with van der Waals surface area (Å²) < 4.78 is 27.1. The molecule has 5 nitrogen and oxygen atoms in total. The number of likely N-dealkylation sites (tertiary alicyclic amines) is 1. The molecule has 0 radical (unpaired) electrons. The fourth-order valence-electron chi connectivity index (χ4n) is 3.59. The van der Waals surface area contributed by atoms with E-state index >= 15 is 0 Å². The molecule has 0 spiro atoms. The topological polar surface area (TPSA) is 54.6 Å². The van der Waals surface area contributed by atoms with Gasteiger partial charge >= 0.3 is 6.17 Å². The lowest BCUT2D eigenvalue weighted by Gasteiger charge is -2.17. The predicted molar refractivity (Wildman–Crippen MR) is 103 cm³/mol. The molecule has 1 fully saturated rings. The summed E-state index contributed by atoms with van der Waals surface area (Å²) in [5.41, 5.74) is 2.25. The molecule has 2 aromatic rings. The Balaban J connectivity index is 1.71. The first-order chi connectivity index (χ1) is 13.8. The molecule has 7 heteroatoms. The van der Waals surface area contributed by atoms with E-state index < -0.39 is 31.0 Å². The molecule has 1 aromatic heterocycles. The van der Waals surface area contributed by atoms with Crippen LogP contribution in [0.15, 0.2) is 48.8 Å². The minimum atomic E-state index is -3.06. The maximum absolute atomic E-state index is 13.5.